The van der Waals surface area contributed by atoms with Crippen molar-refractivity contribution >= 4 is 34.9 Å². The van der Waals surface area contributed by atoms with Gasteiger partial charge in [0, 0.05) is 28.3 Å². The number of halogens is 2. The van der Waals surface area contributed by atoms with Crippen LogP contribution in [0.25, 0.3) is 0 Å². The Balaban J connectivity index is 2.49. The third-order valence-electron chi connectivity index (χ3n) is 2.24. The van der Waals surface area contributed by atoms with Gasteiger partial charge in [-0.1, -0.05) is 23.2 Å². The fourth-order valence-corrected chi connectivity index (χ4v) is 1.71. The zero-order valence-corrected chi connectivity index (χ0v) is 11.3. The van der Waals surface area contributed by atoms with E-state index in [4.69, 9.17) is 34.0 Å². The van der Waals surface area contributed by atoms with E-state index in [9.17, 15) is 4.79 Å². The van der Waals surface area contributed by atoms with Crippen molar-refractivity contribution in [3.8, 4) is 0 Å². The van der Waals surface area contributed by atoms with E-state index >= 15 is 0 Å². The van der Waals surface area contributed by atoms with E-state index in [2.05, 4.69) is 10.6 Å². The summed E-state index contributed by atoms with van der Waals surface area (Å²) in [7, 11) is 0. The molecule has 0 aliphatic heterocycles. The lowest BCUT2D eigenvalue weighted by Crippen LogP contribution is -2.44. The number of rotatable bonds is 4. The first-order valence-corrected chi connectivity index (χ1v) is 6.08. The third kappa shape index (κ3) is 5.10. The van der Waals surface area contributed by atoms with Gasteiger partial charge in [-0.15, -0.1) is 0 Å². The largest absolute Gasteiger partial charge is 0.392 e. The molecule has 100 valence electrons. The molecule has 2 unspecified atom stereocenters. The second-order valence-electron chi connectivity index (χ2n) is 3.90. The molecule has 0 radical (unpaired) electrons. The fraction of sp³-hybridized carbons (Fsp3) is 0.364. The Kier molecular flexibility index (Phi) is 5.68. The number of amides is 2. The molecule has 1 rings (SSSR count). The van der Waals surface area contributed by atoms with Crippen LogP contribution in [-0.2, 0) is 0 Å². The highest BCUT2D eigenvalue weighted by Crippen LogP contribution is 2.22. The first-order valence-electron chi connectivity index (χ1n) is 5.33. The van der Waals surface area contributed by atoms with Crippen molar-refractivity contribution in [2.24, 2.45) is 5.73 Å². The maximum absolute atomic E-state index is 11.5. The van der Waals surface area contributed by atoms with Crippen LogP contribution in [0.15, 0.2) is 18.2 Å². The molecule has 0 bridgehead atoms. The van der Waals surface area contributed by atoms with Crippen molar-refractivity contribution in [1.29, 1.82) is 0 Å². The molecule has 0 spiro atoms. The summed E-state index contributed by atoms with van der Waals surface area (Å²) in [5, 5.41) is 15.1. The van der Waals surface area contributed by atoms with E-state index in [0.29, 0.717) is 15.7 Å². The Morgan fingerprint density at radius 3 is 2.44 bits per heavy atom. The predicted molar refractivity (Wildman–Crippen MR) is 73.1 cm³/mol. The molecular weight excluding hydrogens is 277 g/mol. The number of hydrogen-bond acceptors (Lipinski definition) is 3. The molecule has 18 heavy (non-hydrogen) atoms. The molecule has 0 saturated heterocycles. The third-order valence-corrected chi connectivity index (χ3v) is 2.67. The molecule has 5 nitrogen and oxygen atoms in total. The quantitative estimate of drug-likeness (QED) is 0.682. The van der Waals surface area contributed by atoms with Crippen LogP contribution in [0.5, 0.6) is 0 Å². The Morgan fingerprint density at radius 1 is 1.39 bits per heavy atom. The summed E-state index contributed by atoms with van der Waals surface area (Å²) in [6.07, 6.45) is -0.689. The minimum atomic E-state index is -0.689. The molecule has 0 aromatic heterocycles. The first kappa shape index (κ1) is 15.0. The highest BCUT2D eigenvalue weighted by Gasteiger charge is 2.10. The van der Waals surface area contributed by atoms with Gasteiger partial charge in [-0.25, -0.2) is 4.79 Å². The lowest BCUT2D eigenvalue weighted by Gasteiger charge is -2.15. The highest BCUT2D eigenvalue weighted by atomic mass is 35.5. The lowest BCUT2D eigenvalue weighted by molar-refractivity contribution is 0.162. The minimum absolute atomic E-state index is 0.164. The summed E-state index contributed by atoms with van der Waals surface area (Å²) in [4.78, 5) is 11.5. The number of benzene rings is 1. The Morgan fingerprint density at radius 2 is 1.94 bits per heavy atom. The van der Waals surface area contributed by atoms with Crippen LogP contribution in [0.4, 0.5) is 10.5 Å². The van der Waals surface area contributed by atoms with Crippen molar-refractivity contribution in [3.05, 3.63) is 28.2 Å². The topological polar surface area (TPSA) is 87.4 Å². The number of urea groups is 1. The summed E-state index contributed by atoms with van der Waals surface area (Å²) >= 11 is 11.6. The van der Waals surface area contributed by atoms with Crippen molar-refractivity contribution in [2.75, 3.05) is 11.9 Å². The number of nitrogens with two attached hydrogens (primary N) is 1. The van der Waals surface area contributed by atoms with Gasteiger partial charge in [0.2, 0.25) is 0 Å². The normalized spacial score (nSPS) is 13.8. The predicted octanol–water partition coefficient (Wildman–Crippen LogP) is 1.82. The van der Waals surface area contributed by atoms with Crippen LogP contribution in [0.1, 0.15) is 6.92 Å². The smallest absolute Gasteiger partial charge is 0.319 e. The van der Waals surface area contributed by atoms with E-state index in [1.54, 1.807) is 25.1 Å². The molecule has 1 aromatic rings. The van der Waals surface area contributed by atoms with Gasteiger partial charge in [0.1, 0.15) is 0 Å². The molecular formula is C11H15Cl2N3O2. The second kappa shape index (κ2) is 6.80. The molecule has 2 amide bonds. The standard InChI is InChI=1S/C11H15Cl2N3O2/c1-6(17)10(14)5-15-11(18)16-9-3-7(12)2-8(13)4-9/h2-4,6,10,17H,5,14H2,1H3,(H2,15,16,18). The number of aliphatic hydroxyl groups is 1. The average molecular weight is 292 g/mol. The van der Waals surface area contributed by atoms with Crippen LogP contribution in [0.3, 0.4) is 0 Å². The Bertz CT molecular complexity index is 406. The number of hydrogen-bond donors (Lipinski definition) is 4. The molecule has 2 atom stereocenters. The summed E-state index contributed by atoms with van der Waals surface area (Å²) in [6, 6.07) is 3.75. The number of carbonyl (C=O) groups excluding carboxylic acids is 1. The zero-order chi connectivity index (χ0) is 13.7. The summed E-state index contributed by atoms with van der Waals surface area (Å²) in [5.41, 5.74) is 6.05. The van der Waals surface area contributed by atoms with E-state index < -0.39 is 18.2 Å². The average Bonchev–Trinajstić information content (AvgIpc) is 2.24. The zero-order valence-electron chi connectivity index (χ0n) is 9.78. The Hall–Kier alpha value is -1.01. The van der Waals surface area contributed by atoms with Gasteiger partial charge >= 0.3 is 6.03 Å². The van der Waals surface area contributed by atoms with E-state index in [-0.39, 0.29) is 6.54 Å². The van der Waals surface area contributed by atoms with Crippen LogP contribution in [0.2, 0.25) is 10.0 Å². The highest BCUT2D eigenvalue weighted by molar-refractivity contribution is 6.35. The van der Waals surface area contributed by atoms with Crippen molar-refractivity contribution in [1.82, 2.24) is 5.32 Å². The van der Waals surface area contributed by atoms with Crippen LogP contribution in [0, 0.1) is 0 Å². The monoisotopic (exact) mass is 291 g/mol. The van der Waals surface area contributed by atoms with E-state index in [1.807, 2.05) is 0 Å². The van der Waals surface area contributed by atoms with Gasteiger partial charge in [-0.3, -0.25) is 0 Å². The molecule has 0 aliphatic carbocycles. The van der Waals surface area contributed by atoms with Gasteiger partial charge in [0.05, 0.1) is 6.10 Å². The van der Waals surface area contributed by atoms with E-state index in [0.717, 1.165) is 0 Å². The SMILES string of the molecule is CC(O)C(N)CNC(=O)Nc1cc(Cl)cc(Cl)c1. The number of aliphatic hydroxyl groups excluding tert-OH is 1. The van der Waals surface area contributed by atoms with Crippen LogP contribution in [-0.4, -0.2) is 29.8 Å². The Labute approximate surface area is 115 Å². The van der Waals surface area contributed by atoms with E-state index in [1.165, 1.54) is 0 Å². The summed E-state index contributed by atoms with van der Waals surface area (Å²) in [5.74, 6) is 0. The molecule has 7 heteroatoms. The number of anilines is 1. The van der Waals surface area contributed by atoms with Crippen LogP contribution >= 0.6 is 23.2 Å². The van der Waals surface area contributed by atoms with Crippen molar-refractivity contribution < 1.29 is 9.90 Å². The number of nitrogens with one attached hydrogen (secondary N) is 2. The molecule has 0 heterocycles. The second-order valence-corrected chi connectivity index (χ2v) is 4.77. The molecule has 0 saturated carbocycles. The van der Waals surface area contributed by atoms with Gasteiger partial charge in [-0.05, 0) is 25.1 Å². The van der Waals surface area contributed by atoms with Crippen molar-refractivity contribution in [3.63, 3.8) is 0 Å². The van der Waals surface area contributed by atoms with Gasteiger partial charge in [0.15, 0.2) is 0 Å². The maximum Gasteiger partial charge on any atom is 0.319 e. The van der Waals surface area contributed by atoms with Gasteiger partial charge in [-0.2, -0.15) is 0 Å². The molecule has 5 N–H and O–H groups in total. The van der Waals surface area contributed by atoms with Gasteiger partial charge < -0.3 is 21.5 Å². The van der Waals surface area contributed by atoms with Gasteiger partial charge in [0.25, 0.3) is 0 Å². The lowest BCUT2D eigenvalue weighted by atomic mass is 10.2. The molecule has 0 aliphatic rings. The first-order chi connectivity index (χ1) is 8.38. The number of carbonyl (C=O) groups is 1. The molecule has 1 aromatic carbocycles. The summed E-state index contributed by atoms with van der Waals surface area (Å²) in [6.45, 7) is 1.72. The van der Waals surface area contributed by atoms with Crippen LogP contribution < -0.4 is 16.4 Å². The molecule has 0 fully saturated rings. The van der Waals surface area contributed by atoms with Crippen molar-refractivity contribution in [2.45, 2.75) is 19.1 Å². The maximum atomic E-state index is 11.5. The fourth-order valence-electron chi connectivity index (χ4n) is 1.18. The minimum Gasteiger partial charge on any atom is -0.392 e. The summed E-state index contributed by atoms with van der Waals surface area (Å²) < 4.78 is 0.